The molecule has 0 radical (unpaired) electrons. The monoisotopic (exact) mass is 433 g/mol. The van der Waals surface area contributed by atoms with E-state index in [-0.39, 0.29) is 11.6 Å². The summed E-state index contributed by atoms with van der Waals surface area (Å²) < 4.78 is 17.0. The number of benzene rings is 3. The minimum atomic E-state index is -0.516. The van der Waals surface area contributed by atoms with Gasteiger partial charge >= 0.3 is 5.97 Å². The molecule has 5 nitrogen and oxygen atoms in total. The molecule has 1 aliphatic heterocycles. The number of aliphatic imine (C=N–C) groups is 1. The first-order valence-corrected chi connectivity index (χ1v) is 10.2. The second kappa shape index (κ2) is 9.49. The molecular weight excluding hydrogens is 414 g/mol. The molecule has 0 spiro atoms. The minimum absolute atomic E-state index is 0.190. The zero-order chi connectivity index (χ0) is 21.6. The molecule has 0 N–H and O–H groups in total. The van der Waals surface area contributed by atoms with Crippen molar-refractivity contribution in [3.05, 3.63) is 100 Å². The van der Waals surface area contributed by atoms with Crippen LogP contribution in [0.5, 0.6) is 11.5 Å². The van der Waals surface area contributed by atoms with Gasteiger partial charge in [-0.2, -0.15) is 0 Å². The largest absolute Gasteiger partial charge is 0.490 e. The quantitative estimate of drug-likeness (QED) is 0.356. The number of cyclic esters (lactones) is 1. The third-order valence-corrected chi connectivity index (χ3v) is 4.78. The van der Waals surface area contributed by atoms with E-state index >= 15 is 0 Å². The van der Waals surface area contributed by atoms with E-state index in [1.54, 1.807) is 18.2 Å². The summed E-state index contributed by atoms with van der Waals surface area (Å²) in [4.78, 5) is 16.6. The Bertz CT molecular complexity index is 1140. The highest BCUT2D eigenvalue weighted by atomic mass is 35.5. The molecular formula is C25H20ClNO4. The number of hydrogen-bond acceptors (Lipinski definition) is 5. The number of esters is 1. The van der Waals surface area contributed by atoms with Crippen molar-refractivity contribution in [2.24, 2.45) is 4.99 Å². The summed E-state index contributed by atoms with van der Waals surface area (Å²) in [5.74, 6) is 0.710. The topological polar surface area (TPSA) is 57.1 Å². The van der Waals surface area contributed by atoms with Crippen LogP contribution < -0.4 is 9.47 Å². The Balaban J connectivity index is 1.61. The molecule has 0 saturated heterocycles. The van der Waals surface area contributed by atoms with Crippen LogP contribution >= 0.6 is 11.6 Å². The number of carbonyl (C=O) groups is 1. The highest BCUT2D eigenvalue weighted by Crippen LogP contribution is 2.38. The van der Waals surface area contributed by atoms with Crippen molar-refractivity contribution >= 4 is 29.5 Å². The van der Waals surface area contributed by atoms with E-state index in [0.29, 0.717) is 35.3 Å². The summed E-state index contributed by atoms with van der Waals surface area (Å²) in [5.41, 5.74) is 2.60. The molecule has 0 atom stereocenters. The van der Waals surface area contributed by atoms with Crippen LogP contribution in [-0.4, -0.2) is 18.5 Å². The lowest BCUT2D eigenvalue weighted by Gasteiger charge is -2.14. The maximum atomic E-state index is 12.3. The summed E-state index contributed by atoms with van der Waals surface area (Å²) in [6.45, 7) is 2.68. The van der Waals surface area contributed by atoms with Gasteiger partial charge in [-0.1, -0.05) is 60.1 Å². The van der Waals surface area contributed by atoms with Crippen molar-refractivity contribution in [1.29, 1.82) is 0 Å². The van der Waals surface area contributed by atoms with Gasteiger partial charge in [0.05, 0.1) is 11.6 Å². The highest BCUT2D eigenvalue weighted by Gasteiger charge is 2.24. The summed E-state index contributed by atoms with van der Waals surface area (Å²) >= 11 is 6.50. The first-order valence-electron chi connectivity index (χ1n) is 9.85. The molecule has 0 amide bonds. The molecule has 6 heteroatoms. The van der Waals surface area contributed by atoms with Crippen molar-refractivity contribution in [1.82, 2.24) is 0 Å². The van der Waals surface area contributed by atoms with Gasteiger partial charge in [-0.15, -0.1) is 0 Å². The van der Waals surface area contributed by atoms with Crippen LogP contribution in [0.25, 0.3) is 6.08 Å². The Morgan fingerprint density at radius 1 is 1.00 bits per heavy atom. The summed E-state index contributed by atoms with van der Waals surface area (Å²) in [6, 6.07) is 22.5. The molecule has 3 aromatic rings. The molecule has 3 aromatic carbocycles. The fourth-order valence-corrected chi connectivity index (χ4v) is 3.35. The van der Waals surface area contributed by atoms with Gasteiger partial charge in [0.15, 0.2) is 17.2 Å². The van der Waals surface area contributed by atoms with Crippen molar-refractivity contribution < 1.29 is 19.0 Å². The van der Waals surface area contributed by atoms with Gasteiger partial charge in [-0.25, -0.2) is 9.79 Å². The zero-order valence-corrected chi connectivity index (χ0v) is 17.6. The van der Waals surface area contributed by atoms with E-state index in [1.807, 2.05) is 67.6 Å². The molecule has 0 fully saturated rings. The van der Waals surface area contributed by atoms with Crippen molar-refractivity contribution in [2.45, 2.75) is 13.5 Å². The first-order chi connectivity index (χ1) is 15.1. The van der Waals surface area contributed by atoms with E-state index in [1.165, 1.54) is 0 Å². The number of halogens is 1. The van der Waals surface area contributed by atoms with Crippen LogP contribution in [0.4, 0.5) is 0 Å². The Morgan fingerprint density at radius 3 is 2.42 bits per heavy atom. The normalized spacial score (nSPS) is 14.3. The smallest absolute Gasteiger partial charge is 0.363 e. The molecule has 0 bridgehead atoms. The van der Waals surface area contributed by atoms with Gasteiger partial charge in [0.25, 0.3) is 0 Å². The molecule has 0 saturated carbocycles. The Labute approximate surface area is 185 Å². The van der Waals surface area contributed by atoms with Gasteiger partial charge < -0.3 is 14.2 Å². The summed E-state index contributed by atoms with van der Waals surface area (Å²) in [6.07, 6.45) is 1.62. The predicted octanol–water partition coefficient (Wildman–Crippen LogP) is 5.66. The van der Waals surface area contributed by atoms with Crippen molar-refractivity contribution in [2.75, 3.05) is 6.61 Å². The van der Waals surface area contributed by atoms with E-state index in [4.69, 9.17) is 25.8 Å². The van der Waals surface area contributed by atoms with Gasteiger partial charge in [0.2, 0.25) is 5.90 Å². The molecule has 156 valence electrons. The van der Waals surface area contributed by atoms with Gasteiger partial charge in [-0.05, 0) is 48.4 Å². The molecule has 31 heavy (non-hydrogen) atoms. The number of hydrogen-bond donors (Lipinski definition) is 0. The fraction of sp³-hybridized carbons (Fsp3) is 0.120. The Kier molecular flexibility index (Phi) is 6.34. The lowest BCUT2D eigenvalue weighted by molar-refractivity contribution is -0.129. The van der Waals surface area contributed by atoms with E-state index < -0.39 is 5.97 Å². The van der Waals surface area contributed by atoms with Gasteiger partial charge in [0, 0.05) is 5.56 Å². The highest BCUT2D eigenvalue weighted by molar-refractivity contribution is 6.32. The van der Waals surface area contributed by atoms with Crippen LogP contribution in [0, 0.1) is 0 Å². The zero-order valence-electron chi connectivity index (χ0n) is 16.9. The number of carbonyl (C=O) groups excluding carboxylic acids is 1. The molecule has 4 rings (SSSR count). The van der Waals surface area contributed by atoms with Gasteiger partial charge in [0.1, 0.15) is 6.61 Å². The fourth-order valence-electron chi connectivity index (χ4n) is 3.08. The van der Waals surface area contributed by atoms with E-state index in [0.717, 1.165) is 11.1 Å². The van der Waals surface area contributed by atoms with Crippen LogP contribution in [-0.2, 0) is 16.1 Å². The summed E-state index contributed by atoms with van der Waals surface area (Å²) in [7, 11) is 0. The van der Waals surface area contributed by atoms with Gasteiger partial charge in [-0.3, -0.25) is 0 Å². The third-order valence-electron chi connectivity index (χ3n) is 4.50. The van der Waals surface area contributed by atoms with E-state index in [2.05, 4.69) is 4.99 Å². The van der Waals surface area contributed by atoms with Crippen molar-refractivity contribution in [3.63, 3.8) is 0 Å². The summed E-state index contributed by atoms with van der Waals surface area (Å²) in [5, 5.41) is 0.382. The predicted molar refractivity (Wildman–Crippen MR) is 120 cm³/mol. The first kappa shape index (κ1) is 20.7. The van der Waals surface area contributed by atoms with Crippen LogP contribution in [0.1, 0.15) is 23.6 Å². The SMILES string of the molecule is CCOc1cc(/C=C2\N=C(c3ccccc3)OC2=O)cc(Cl)c1OCc1ccccc1. The average molecular weight is 434 g/mol. The lowest BCUT2D eigenvalue weighted by atomic mass is 10.1. The Hall–Kier alpha value is -3.57. The second-order valence-corrected chi connectivity index (χ2v) is 7.15. The maximum Gasteiger partial charge on any atom is 0.363 e. The number of nitrogens with zero attached hydrogens (tertiary/aromatic N) is 1. The number of rotatable bonds is 7. The average Bonchev–Trinajstić information content (AvgIpc) is 3.15. The Morgan fingerprint density at radius 2 is 1.71 bits per heavy atom. The van der Waals surface area contributed by atoms with Crippen LogP contribution in [0.3, 0.4) is 0 Å². The maximum absolute atomic E-state index is 12.3. The molecule has 1 aliphatic rings. The molecule has 0 unspecified atom stereocenters. The van der Waals surface area contributed by atoms with Crippen LogP contribution in [0.15, 0.2) is 83.5 Å². The standard InChI is InChI=1S/C25H20ClNO4/c1-2-29-22-15-18(13-20(26)23(22)30-16-17-9-5-3-6-10-17)14-21-25(28)31-24(27-21)19-11-7-4-8-12-19/h3-15H,2,16H2,1H3/b21-14-. The van der Waals surface area contributed by atoms with Crippen LogP contribution in [0.2, 0.25) is 5.02 Å². The molecule has 0 aromatic heterocycles. The lowest BCUT2D eigenvalue weighted by Crippen LogP contribution is -2.05. The van der Waals surface area contributed by atoms with E-state index in [9.17, 15) is 4.79 Å². The van der Waals surface area contributed by atoms with Crippen molar-refractivity contribution in [3.8, 4) is 11.5 Å². The number of ether oxygens (including phenoxy) is 3. The minimum Gasteiger partial charge on any atom is -0.490 e. The second-order valence-electron chi connectivity index (χ2n) is 6.74. The third kappa shape index (κ3) is 4.95. The molecule has 0 aliphatic carbocycles. The molecule has 1 heterocycles.